The van der Waals surface area contributed by atoms with Crippen LogP contribution in [0.25, 0.3) is 0 Å². The maximum atomic E-state index is 11.6. The largest absolute Gasteiger partial charge is 0.497 e. The second-order valence-electron chi connectivity index (χ2n) is 5.52. The fourth-order valence-electron chi connectivity index (χ4n) is 2.97. The van der Waals surface area contributed by atoms with Crippen LogP contribution in [0.4, 0.5) is 5.69 Å². The maximum Gasteiger partial charge on any atom is 0.303 e. The molecule has 1 unspecified atom stereocenters. The number of hydrogen-bond acceptors (Lipinski definition) is 3. The molecule has 0 radical (unpaired) electrons. The van der Waals surface area contributed by atoms with Gasteiger partial charge >= 0.3 is 5.97 Å². The molecular formula is C15H17NO4. The second-order valence-corrected chi connectivity index (χ2v) is 5.52. The van der Waals surface area contributed by atoms with Crippen LogP contribution in [0.15, 0.2) is 12.1 Å². The smallest absolute Gasteiger partial charge is 0.303 e. The number of anilines is 1. The first kappa shape index (κ1) is 13.0. The van der Waals surface area contributed by atoms with Gasteiger partial charge in [-0.3, -0.25) is 9.59 Å². The summed E-state index contributed by atoms with van der Waals surface area (Å²) in [7, 11) is 1.58. The monoisotopic (exact) mass is 275 g/mol. The molecule has 20 heavy (non-hydrogen) atoms. The van der Waals surface area contributed by atoms with Gasteiger partial charge in [0.25, 0.3) is 0 Å². The Hall–Kier alpha value is -2.04. The number of hydrogen-bond donors (Lipinski definition) is 2. The molecule has 1 aromatic carbocycles. The molecule has 1 amide bonds. The molecule has 1 saturated carbocycles. The molecule has 106 valence electrons. The van der Waals surface area contributed by atoms with E-state index in [4.69, 9.17) is 9.84 Å². The molecule has 0 spiro atoms. The number of aliphatic carboxylic acids is 1. The van der Waals surface area contributed by atoms with Gasteiger partial charge in [0.1, 0.15) is 5.75 Å². The van der Waals surface area contributed by atoms with Crippen molar-refractivity contribution in [1.82, 2.24) is 0 Å². The first-order chi connectivity index (χ1) is 9.58. The van der Waals surface area contributed by atoms with Gasteiger partial charge < -0.3 is 15.2 Å². The predicted molar refractivity (Wildman–Crippen MR) is 73.0 cm³/mol. The van der Waals surface area contributed by atoms with E-state index in [1.807, 2.05) is 12.1 Å². The summed E-state index contributed by atoms with van der Waals surface area (Å²) in [4.78, 5) is 22.7. The van der Waals surface area contributed by atoms with Crippen molar-refractivity contribution >= 4 is 17.6 Å². The van der Waals surface area contributed by atoms with Gasteiger partial charge in [-0.15, -0.1) is 0 Å². The summed E-state index contributed by atoms with van der Waals surface area (Å²) in [6.45, 7) is 0. The predicted octanol–water partition coefficient (Wildman–Crippen LogP) is 2.16. The van der Waals surface area contributed by atoms with Crippen LogP contribution in [0, 0.1) is 5.92 Å². The zero-order chi connectivity index (χ0) is 14.3. The molecule has 1 atom stereocenters. The first-order valence-electron chi connectivity index (χ1n) is 6.81. The van der Waals surface area contributed by atoms with Crippen molar-refractivity contribution in [3.05, 3.63) is 23.3 Å². The number of carbonyl (C=O) groups excluding carboxylic acids is 1. The van der Waals surface area contributed by atoms with Crippen molar-refractivity contribution < 1.29 is 19.4 Å². The quantitative estimate of drug-likeness (QED) is 0.863. The van der Waals surface area contributed by atoms with E-state index in [1.54, 1.807) is 7.11 Å². The summed E-state index contributed by atoms with van der Waals surface area (Å²) in [5, 5.41) is 12.0. The lowest BCUT2D eigenvalue weighted by Gasteiger charge is -2.19. The van der Waals surface area contributed by atoms with E-state index < -0.39 is 5.97 Å². The number of methoxy groups -OCH3 is 1. The SMILES string of the molecule is COc1cc2c(c(C(CC(=O)O)C3CC3)c1)NC(=O)C2. The van der Waals surface area contributed by atoms with E-state index in [0.29, 0.717) is 18.1 Å². The summed E-state index contributed by atoms with van der Waals surface area (Å²) in [5.41, 5.74) is 2.62. The van der Waals surface area contributed by atoms with Crippen LogP contribution in [-0.2, 0) is 16.0 Å². The normalized spacial score (nSPS) is 18.4. The molecule has 3 rings (SSSR count). The van der Waals surface area contributed by atoms with E-state index >= 15 is 0 Å². The highest BCUT2D eigenvalue weighted by molar-refractivity contribution is 6.00. The summed E-state index contributed by atoms with van der Waals surface area (Å²) >= 11 is 0. The number of nitrogens with one attached hydrogen (secondary N) is 1. The molecule has 5 nitrogen and oxygen atoms in total. The van der Waals surface area contributed by atoms with Crippen molar-refractivity contribution in [3.8, 4) is 5.75 Å². The van der Waals surface area contributed by atoms with E-state index in [-0.39, 0.29) is 18.2 Å². The Balaban J connectivity index is 2.04. The van der Waals surface area contributed by atoms with Crippen molar-refractivity contribution in [2.24, 2.45) is 5.92 Å². The maximum absolute atomic E-state index is 11.6. The highest BCUT2D eigenvalue weighted by Crippen LogP contribution is 2.48. The minimum absolute atomic E-state index is 0.0422. The lowest BCUT2D eigenvalue weighted by molar-refractivity contribution is -0.137. The Labute approximate surface area is 116 Å². The Bertz CT molecular complexity index is 577. The minimum atomic E-state index is -0.803. The van der Waals surface area contributed by atoms with E-state index in [9.17, 15) is 9.59 Å². The van der Waals surface area contributed by atoms with Crippen LogP contribution in [0.3, 0.4) is 0 Å². The topological polar surface area (TPSA) is 75.6 Å². The molecule has 2 aliphatic rings. The number of fused-ring (bicyclic) bond motifs is 1. The van der Waals surface area contributed by atoms with Gasteiger partial charge in [0.05, 0.1) is 20.0 Å². The molecule has 1 heterocycles. The third-order valence-electron chi connectivity index (χ3n) is 4.06. The van der Waals surface area contributed by atoms with Gasteiger partial charge in [-0.05, 0) is 47.9 Å². The highest BCUT2D eigenvalue weighted by Gasteiger charge is 2.37. The molecule has 0 saturated heterocycles. The number of amides is 1. The fraction of sp³-hybridized carbons (Fsp3) is 0.467. The van der Waals surface area contributed by atoms with Crippen molar-refractivity contribution in [2.75, 3.05) is 12.4 Å². The van der Waals surface area contributed by atoms with Gasteiger partial charge in [-0.2, -0.15) is 0 Å². The molecule has 1 aliphatic carbocycles. The first-order valence-corrected chi connectivity index (χ1v) is 6.81. The lowest BCUT2D eigenvalue weighted by Crippen LogP contribution is -2.12. The van der Waals surface area contributed by atoms with Crippen LogP contribution in [0.5, 0.6) is 5.75 Å². The summed E-state index contributed by atoms with van der Waals surface area (Å²) < 4.78 is 5.28. The average Bonchev–Trinajstić information content (AvgIpc) is 3.16. The molecule has 1 aromatic rings. The summed E-state index contributed by atoms with van der Waals surface area (Å²) in [6, 6.07) is 3.72. The number of benzene rings is 1. The van der Waals surface area contributed by atoms with E-state index in [0.717, 1.165) is 29.7 Å². The molecule has 5 heteroatoms. The molecule has 0 bridgehead atoms. The van der Waals surface area contributed by atoms with Crippen molar-refractivity contribution in [3.63, 3.8) is 0 Å². The number of carboxylic acids is 1. The van der Waals surface area contributed by atoms with Crippen LogP contribution in [0.2, 0.25) is 0 Å². The van der Waals surface area contributed by atoms with Gasteiger partial charge in [-0.25, -0.2) is 0 Å². The third kappa shape index (κ3) is 2.35. The second kappa shape index (κ2) is 4.81. The molecule has 1 fully saturated rings. The van der Waals surface area contributed by atoms with Gasteiger partial charge in [0.2, 0.25) is 5.91 Å². The highest BCUT2D eigenvalue weighted by atomic mass is 16.5. The zero-order valence-electron chi connectivity index (χ0n) is 11.3. The Morgan fingerprint density at radius 2 is 2.25 bits per heavy atom. The van der Waals surface area contributed by atoms with E-state index in [2.05, 4.69) is 5.32 Å². The number of ether oxygens (including phenoxy) is 1. The van der Waals surface area contributed by atoms with Gasteiger partial charge in [0.15, 0.2) is 0 Å². The van der Waals surface area contributed by atoms with Crippen LogP contribution in [0.1, 0.15) is 36.3 Å². The van der Waals surface area contributed by atoms with Gasteiger partial charge in [-0.1, -0.05) is 0 Å². The lowest BCUT2D eigenvalue weighted by atomic mass is 9.88. The Morgan fingerprint density at radius 1 is 1.50 bits per heavy atom. The molecule has 0 aromatic heterocycles. The van der Waals surface area contributed by atoms with Crippen molar-refractivity contribution in [1.29, 1.82) is 0 Å². The molecular weight excluding hydrogens is 258 g/mol. The number of carboxylic acid groups (broad SMARTS) is 1. The van der Waals surface area contributed by atoms with Crippen LogP contribution in [-0.4, -0.2) is 24.1 Å². The number of carbonyl (C=O) groups is 2. The fourth-order valence-corrected chi connectivity index (χ4v) is 2.97. The average molecular weight is 275 g/mol. The summed E-state index contributed by atoms with van der Waals surface area (Å²) in [6.07, 6.45) is 2.54. The van der Waals surface area contributed by atoms with Crippen LogP contribution < -0.4 is 10.1 Å². The Kier molecular flexibility index (Phi) is 3.12. The van der Waals surface area contributed by atoms with E-state index in [1.165, 1.54) is 0 Å². The third-order valence-corrected chi connectivity index (χ3v) is 4.06. The van der Waals surface area contributed by atoms with Crippen LogP contribution >= 0.6 is 0 Å². The zero-order valence-corrected chi connectivity index (χ0v) is 11.3. The number of rotatable bonds is 5. The van der Waals surface area contributed by atoms with Crippen molar-refractivity contribution in [2.45, 2.75) is 31.6 Å². The van der Waals surface area contributed by atoms with Gasteiger partial charge in [0, 0.05) is 5.69 Å². The Morgan fingerprint density at radius 3 is 2.85 bits per heavy atom. The standard InChI is InChI=1S/C15H17NO4/c1-20-10-4-9-5-13(17)16-15(9)12(6-10)11(7-14(18)19)8-2-3-8/h4,6,8,11H,2-3,5,7H2,1H3,(H,16,17)(H,18,19). The molecule has 2 N–H and O–H groups in total. The minimum Gasteiger partial charge on any atom is -0.497 e. The molecule has 1 aliphatic heterocycles. The summed E-state index contributed by atoms with van der Waals surface area (Å²) in [5.74, 6) is 0.197.